The van der Waals surface area contributed by atoms with Crippen LogP contribution in [-0.2, 0) is 13.0 Å². The number of anilines is 1. The van der Waals surface area contributed by atoms with Crippen molar-refractivity contribution in [2.75, 3.05) is 5.73 Å². The van der Waals surface area contributed by atoms with E-state index in [-0.39, 0.29) is 5.75 Å². The number of benzene rings is 2. The highest BCUT2D eigenvalue weighted by molar-refractivity contribution is 5.63. The molecular weight excluding hydrogens is 326 g/mol. The third-order valence-electron chi connectivity index (χ3n) is 4.39. The molecule has 0 fully saturated rings. The Bertz CT molecular complexity index is 1020. The van der Waals surface area contributed by atoms with E-state index in [0.29, 0.717) is 18.7 Å². The molecule has 0 unspecified atom stereocenters. The highest BCUT2D eigenvalue weighted by atomic mass is 16.3. The summed E-state index contributed by atoms with van der Waals surface area (Å²) in [6.07, 6.45) is 5.67. The summed E-state index contributed by atoms with van der Waals surface area (Å²) in [7, 11) is 0. The van der Waals surface area contributed by atoms with Crippen LogP contribution in [0.1, 0.15) is 16.8 Å². The molecule has 4 rings (SSSR count). The average molecular weight is 345 g/mol. The highest BCUT2D eigenvalue weighted by Gasteiger charge is 2.16. The zero-order valence-electron chi connectivity index (χ0n) is 14.2. The molecule has 0 bridgehead atoms. The van der Waals surface area contributed by atoms with E-state index in [4.69, 9.17) is 10.2 Å². The number of nitrogen functional groups attached to an aromatic ring is 1. The van der Waals surface area contributed by atoms with Crippen LogP contribution in [0.25, 0.3) is 11.3 Å². The van der Waals surface area contributed by atoms with Crippen LogP contribution >= 0.6 is 0 Å². The van der Waals surface area contributed by atoms with Gasteiger partial charge in [0.15, 0.2) is 0 Å². The molecule has 2 heterocycles. The molecule has 5 heteroatoms. The summed E-state index contributed by atoms with van der Waals surface area (Å²) in [5, 5.41) is 9.73. The molecule has 0 spiro atoms. The minimum absolute atomic E-state index is 0.256. The number of hydrogen-bond acceptors (Lipinski definition) is 4. The van der Waals surface area contributed by atoms with Crippen molar-refractivity contribution in [1.29, 1.82) is 0 Å². The summed E-state index contributed by atoms with van der Waals surface area (Å²) in [6.45, 7) is 0.612. The van der Waals surface area contributed by atoms with E-state index in [0.717, 1.165) is 28.1 Å². The Balaban J connectivity index is 1.76. The summed E-state index contributed by atoms with van der Waals surface area (Å²) in [5.41, 5.74) is 11.6. The number of phenolic OH excluding ortho intramolecular Hbond substituents is 1. The Morgan fingerprint density at radius 2 is 1.88 bits per heavy atom. The second kappa shape index (κ2) is 6.80. The van der Waals surface area contributed by atoms with E-state index in [2.05, 4.69) is 9.55 Å². The Kier molecular flexibility index (Phi) is 4.19. The molecular formula is C21H19N3O2. The zero-order valence-corrected chi connectivity index (χ0v) is 14.2. The van der Waals surface area contributed by atoms with Crippen molar-refractivity contribution < 1.29 is 9.52 Å². The minimum atomic E-state index is 0.256. The first-order valence-corrected chi connectivity index (χ1v) is 8.38. The predicted octanol–water partition coefficient (Wildman–Crippen LogP) is 4.07. The molecule has 0 atom stereocenters. The van der Waals surface area contributed by atoms with E-state index in [1.54, 1.807) is 24.7 Å². The number of nitrogens with zero attached hydrogens (tertiary/aromatic N) is 2. The van der Waals surface area contributed by atoms with Crippen molar-refractivity contribution >= 4 is 5.69 Å². The highest BCUT2D eigenvalue weighted by Crippen LogP contribution is 2.27. The topological polar surface area (TPSA) is 77.2 Å². The quantitative estimate of drug-likeness (QED) is 0.571. The van der Waals surface area contributed by atoms with Gasteiger partial charge in [-0.3, -0.25) is 0 Å². The van der Waals surface area contributed by atoms with Gasteiger partial charge in [0.2, 0.25) is 0 Å². The number of nitrogens with two attached hydrogens (primary N) is 1. The molecule has 4 aromatic rings. The van der Waals surface area contributed by atoms with E-state index in [9.17, 15) is 5.11 Å². The lowest BCUT2D eigenvalue weighted by Crippen LogP contribution is -2.05. The number of imidazole rings is 1. The Labute approximate surface area is 151 Å². The van der Waals surface area contributed by atoms with Crippen LogP contribution < -0.4 is 5.73 Å². The summed E-state index contributed by atoms with van der Waals surface area (Å²) in [5.74, 6) is 0.256. The van der Waals surface area contributed by atoms with E-state index in [1.807, 2.05) is 48.8 Å². The molecule has 130 valence electrons. The normalized spacial score (nSPS) is 10.9. The van der Waals surface area contributed by atoms with Gasteiger partial charge in [-0.05, 0) is 17.7 Å². The molecule has 26 heavy (non-hydrogen) atoms. The first-order valence-electron chi connectivity index (χ1n) is 8.38. The summed E-state index contributed by atoms with van der Waals surface area (Å²) < 4.78 is 7.31. The smallest absolute Gasteiger partial charge is 0.115 e. The fraction of sp³-hybridized carbons (Fsp3) is 0.0952. The number of furan rings is 1. The molecule has 0 aliphatic heterocycles. The van der Waals surface area contributed by atoms with Crippen molar-refractivity contribution in [1.82, 2.24) is 9.55 Å². The summed E-state index contributed by atoms with van der Waals surface area (Å²) in [6, 6.07) is 17.3. The van der Waals surface area contributed by atoms with Gasteiger partial charge in [0.05, 0.1) is 29.7 Å². The van der Waals surface area contributed by atoms with Crippen LogP contribution in [0.2, 0.25) is 0 Å². The van der Waals surface area contributed by atoms with Crippen LogP contribution in [0.5, 0.6) is 5.75 Å². The number of aromatic hydroxyl groups is 1. The molecule has 0 radical (unpaired) electrons. The van der Waals surface area contributed by atoms with Crippen molar-refractivity contribution in [2.45, 2.75) is 13.0 Å². The molecule has 2 aromatic heterocycles. The number of aromatic nitrogens is 2. The minimum Gasteiger partial charge on any atom is -0.508 e. The second-order valence-corrected chi connectivity index (χ2v) is 6.23. The Morgan fingerprint density at radius 3 is 2.62 bits per heavy atom. The van der Waals surface area contributed by atoms with Gasteiger partial charge >= 0.3 is 0 Å². The van der Waals surface area contributed by atoms with Gasteiger partial charge in [-0.2, -0.15) is 0 Å². The lowest BCUT2D eigenvalue weighted by Gasteiger charge is -2.11. The molecule has 3 N–H and O–H groups in total. The van der Waals surface area contributed by atoms with Crippen molar-refractivity contribution in [3.63, 3.8) is 0 Å². The van der Waals surface area contributed by atoms with Crippen molar-refractivity contribution in [3.8, 4) is 17.0 Å². The van der Waals surface area contributed by atoms with Crippen LogP contribution in [0.15, 0.2) is 77.9 Å². The first-order chi connectivity index (χ1) is 12.7. The lowest BCUT2D eigenvalue weighted by molar-refractivity contribution is 0.474. The summed E-state index contributed by atoms with van der Waals surface area (Å²) in [4.78, 5) is 4.64. The molecule has 0 aliphatic carbocycles. The van der Waals surface area contributed by atoms with Gasteiger partial charge < -0.3 is 19.8 Å². The maximum Gasteiger partial charge on any atom is 0.115 e. The van der Waals surface area contributed by atoms with E-state index in [1.165, 1.54) is 0 Å². The SMILES string of the molecule is Nc1cocc1Cc1c(-c2ccccc2)ncn1Cc1cccc(O)c1. The molecule has 2 aromatic carbocycles. The predicted molar refractivity (Wildman–Crippen MR) is 101 cm³/mol. The number of phenols is 1. The Hall–Kier alpha value is -3.47. The fourth-order valence-corrected chi connectivity index (χ4v) is 3.08. The fourth-order valence-electron chi connectivity index (χ4n) is 3.08. The number of hydrogen-bond donors (Lipinski definition) is 2. The van der Waals surface area contributed by atoms with Gasteiger partial charge in [-0.15, -0.1) is 0 Å². The van der Waals surface area contributed by atoms with E-state index >= 15 is 0 Å². The first kappa shape index (κ1) is 16.0. The van der Waals surface area contributed by atoms with Crippen LogP contribution in [0.3, 0.4) is 0 Å². The molecule has 0 amide bonds. The van der Waals surface area contributed by atoms with Gasteiger partial charge in [0, 0.05) is 24.1 Å². The molecule has 0 saturated carbocycles. The Morgan fingerprint density at radius 1 is 1.04 bits per heavy atom. The maximum atomic E-state index is 9.73. The lowest BCUT2D eigenvalue weighted by atomic mass is 10.1. The van der Waals surface area contributed by atoms with Gasteiger partial charge in [0.1, 0.15) is 12.0 Å². The largest absolute Gasteiger partial charge is 0.508 e. The summed E-state index contributed by atoms with van der Waals surface area (Å²) >= 11 is 0. The van der Waals surface area contributed by atoms with Crippen molar-refractivity contribution in [2.24, 2.45) is 0 Å². The standard InChI is InChI=1S/C21H19N3O2/c22-19-13-26-12-17(19)10-20-21(16-6-2-1-3-7-16)23-14-24(20)11-15-5-4-8-18(25)9-15/h1-9,12-14,25H,10-11,22H2. The molecule has 0 saturated heterocycles. The van der Waals surface area contributed by atoms with E-state index < -0.39 is 0 Å². The van der Waals surface area contributed by atoms with Crippen LogP contribution in [0, 0.1) is 0 Å². The second-order valence-electron chi connectivity index (χ2n) is 6.23. The van der Waals surface area contributed by atoms with Crippen molar-refractivity contribution in [3.05, 3.63) is 90.3 Å². The molecule has 0 aliphatic rings. The van der Waals surface area contributed by atoms with Crippen LogP contribution in [0.4, 0.5) is 5.69 Å². The third-order valence-corrected chi connectivity index (χ3v) is 4.39. The van der Waals surface area contributed by atoms with Gasteiger partial charge in [0.25, 0.3) is 0 Å². The zero-order chi connectivity index (χ0) is 17.9. The van der Waals surface area contributed by atoms with Gasteiger partial charge in [-0.1, -0.05) is 42.5 Å². The van der Waals surface area contributed by atoms with Gasteiger partial charge in [-0.25, -0.2) is 4.98 Å². The van der Waals surface area contributed by atoms with Crippen LogP contribution in [-0.4, -0.2) is 14.7 Å². The maximum absolute atomic E-state index is 9.73. The average Bonchev–Trinajstić information content (AvgIpc) is 3.23. The third kappa shape index (κ3) is 3.19. The molecule has 5 nitrogen and oxygen atoms in total. The number of rotatable bonds is 5. The monoisotopic (exact) mass is 345 g/mol.